The van der Waals surface area contributed by atoms with Crippen LogP contribution in [0.5, 0.6) is 0 Å². The number of carbonyl (C=O) groups excluding carboxylic acids is 1. The molecule has 0 bridgehead atoms. The Morgan fingerprint density at radius 1 is 1.00 bits per heavy atom. The SMILES string of the molecule is CCc1ncc(CN2CCN(C)C(=O)C(Cc3cccc(-c4ccc(F)cc4)c3)C2)cn1. The molecule has 166 valence electrons. The minimum absolute atomic E-state index is 0.123. The number of benzene rings is 2. The van der Waals surface area contributed by atoms with Crippen molar-refractivity contribution in [3.8, 4) is 11.1 Å². The molecule has 1 aliphatic heterocycles. The summed E-state index contributed by atoms with van der Waals surface area (Å²) in [4.78, 5) is 26.0. The molecular formula is C26H29FN4O. The van der Waals surface area contributed by atoms with E-state index in [1.165, 1.54) is 12.1 Å². The normalized spacial score (nSPS) is 17.4. The second kappa shape index (κ2) is 10.0. The van der Waals surface area contributed by atoms with E-state index >= 15 is 0 Å². The first-order valence-electron chi connectivity index (χ1n) is 11.1. The van der Waals surface area contributed by atoms with Crippen LogP contribution in [0, 0.1) is 11.7 Å². The maximum Gasteiger partial charge on any atom is 0.227 e. The van der Waals surface area contributed by atoms with E-state index in [2.05, 4.69) is 27.0 Å². The lowest BCUT2D eigenvalue weighted by molar-refractivity contribution is -0.133. The van der Waals surface area contributed by atoms with Gasteiger partial charge in [0.05, 0.1) is 5.92 Å². The van der Waals surface area contributed by atoms with Gasteiger partial charge in [-0.05, 0) is 35.2 Å². The third kappa shape index (κ3) is 5.37. The van der Waals surface area contributed by atoms with Crippen LogP contribution in [0.4, 0.5) is 4.39 Å². The quantitative estimate of drug-likeness (QED) is 0.591. The molecule has 1 atom stereocenters. The van der Waals surface area contributed by atoms with Gasteiger partial charge in [-0.15, -0.1) is 0 Å². The van der Waals surface area contributed by atoms with Crippen molar-refractivity contribution < 1.29 is 9.18 Å². The largest absolute Gasteiger partial charge is 0.344 e. The fourth-order valence-corrected chi connectivity index (χ4v) is 4.20. The Balaban J connectivity index is 1.49. The van der Waals surface area contributed by atoms with Crippen LogP contribution in [0.3, 0.4) is 0 Å². The molecule has 1 unspecified atom stereocenters. The first-order chi connectivity index (χ1) is 15.5. The molecule has 1 fully saturated rings. The molecule has 1 amide bonds. The van der Waals surface area contributed by atoms with Crippen molar-refractivity contribution in [2.24, 2.45) is 5.92 Å². The van der Waals surface area contributed by atoms with Gasteiger partial charge in [-0.3, -0.25) is 9.69 Å². The lowest BCUT2D eigenvalue weighted by Crippen LogP contribution is -2.34. The third-order valence-corrected chi connectivity index (χ3v) is 6.02. The Kier molecular flexibility index (Phi) is 6.90. The van der Waals surface area contributed by atoms with Crippen LogP contribution < -0.4 is 0 Å². The number of hydrogen-bond acceptors (Lipinski definition) is 4. The molecule has 2 heterocycles. The molecule has 1 saturated heterocycles. The van der Waals surface area contributed by atoms with Crippen LogP contribution in [-0.4, -0.2) is 52.4 Å². The van der Waals surface area contributed by atoms with Gasteiger partial charge in [0, 0.05) is 57.6 Å². The molecule has 0 spiro atoms. The van der Waals surface area contributed by atoms with Gasteiger partial charge >= 0.3 is 0 Å². The van der Waals surface area contributed by atoms with E-state index in [0.29, 0.717) is 19.5 Å². The Hall–Kier alpha value is -3.12. The van der Waals surface area contributed by atoms with Gasteiger partial charge < -0.3 is 4.90 Å². The third-order valence-electron chi connectivity index (χ3n) is 6.02. The molecule has 0 aliphatic carbocycles. The molecule has 0 N–H and O–H groups in total. The van der Waals surface area contributed by atoms with Gasteiger partial charge in [-0.2, -0.15) is 0 Å². The van der Waals surface area contributed by atoms with Gasteiger partial charge in [0.2, 0.25) is 5.91 Å². The monoisotopic (exact) mass is 432 g/mol. The van der Waals surface area contributed by atoms with E-state index in [1.54, 1.807) is 12.1 Å². The van der Waals surface area contributed by atoms with Crippen molar-refractivity contribution in [2.75, 3.05) is 26.7 Å². The topological polar surface area (TPSA) is 49.3 Å². The van der Waals surface area contributed by atoms with E-state index in [0.717, 1.165) is 47.6 Å². The number of hydrogen-bond donors (Lipinski definition) is 0. The zero-order valence-corrected chi connectivity index (χ0v) is 18.7. The van der Waals surface area contributed by atoms with Gasteiger partial charge in [-0.25, -0.2) is 14.4 Å². The standard InChI is InChI=1S/C26H29FN4O/c1-3-25-28-15-20(16-29-25)17-31-12-11-30(2)26(32)23(18-31)14-19-5-4-6-22(13-19)21-7-9-24(27)10-8-21/h4-10,13,15-16,23H,3,11-12,14,17-18H2,1-2H3. The van der Waals surface area contributed by atoms with Crippen LogP contribution in [0.1, 0.15) is 23.9 Å². The number of likely N-dealkylation sites (N-methyl/N-ethyl adjacent to an activating group) is 1. The number of nitrogens with zero attached hydrogens (tertiary/aromatic N) is 4. The molecule has 5 nitrogen and oxygen atoms in total. The molecule has 4 rings (SSSR count). The average Bonchev–Trinajstić information content (AvgIpc) is 2.94. The van der Waals surface area contributed by atoms with Crippen molar-refractivity contribution in [2.45, 2.75) is 26.3 Å². The van der Waals surface area contributed by atoms with Crippen molar-refractivity contribution in [3.63, 3.8) is 0 Å². The van der Waals surface area contributed by atoms with Crippen molar-refractivity contribution in [1.82, 2.24) is 19.8 Å². The second-order valence-corrected chi connectivity index (χ2v) is 8.46. The highest BCUT2D eigenvalue weighted by molar-refractivity contribution is 5.79. The number of halogens is 1. The summed E-state index contributed by atoms with van der Waals surface area (Å²) in [5.74, 6) is 0.657. The highest BCUT2D eigenvalue weighted by atomic mass is 19.1. The summed E-state index contributed by atoms with van der Waals surface area (Å²) in [5, 5.41) is 0. The van der Waals surface area contributed by atoms with Crippen molar-refractivity contribution in [3.05, 3.63) is 83.7 Å². The molecule has 0 radical (unpaired) electrons. The predicted molar refractivity (Wildman–Crippen MR) is 123 cm³/mol. The van der Waals surface area contributed by atoms with E-state index in [1.807, 2.05) is 43.4 Å². The summed E-state index contributed by atoms with van der Waals surface area (Å²) < 4.78 is 13.3. The summed E-state index contributed by atoms with van der Waals surface area (Å²) in [7, 11) is 1.88. The molecule has 1 aromatic heterocycles. The predicted octanol–water partition coefficient (Wildman–Crippen LogP) is 3.98. The van der Waals surface area contributed by atoms with Crippen LogP contribution in [0.15, 0.2) is 60.9 Å². The van der Waals surface area contributed by atoms with Crippen molar-refractivity contribution >= 4 is 5.91 Å². The zero-order chi connectivity index (χ0) is 22.5. The Morgan fingerprint density at radius 2 is 1.75 bits per heavy atom. The summed E-state index contributed by atoms with van der Waals surface area (Å²) in [6.45, 7) is 5.00. The molecule has 6 heteroatoms. The number of amides is 1. The number of rotatable bonds is 6. The van der Waals surface area contributed by atoms with E-state index in [-0.39, 0.29) is 17.6 Å². The highest BCUT2D eigenvalue weighted by Crippen LogP contribution is 2.24. The second-order valence-electron chi connectivity index (χ2n) is 8.46. The van der Waals surface area contributed by atoms with Crippen molar-refractivity contribution in [1.29, 1.82) is 0 Å². The van der Waals surface area contributed by atoms with E-state index < -0.39 is 0 Å². The summed E-state index contributed by atoms with van der Waals surface area (Å²) in [5.41, 5.74) is 4.17. The fraction of sp³-hybridized carbons (Fsp3) is 0.346. The number of carbonyl (C=O) groups is 1. The Labute approximate surface area is 188 Å². The summed E-state index contributed by atoms with van der Waals surface area (Å²) in [6.07, 6.45) is 5.27. The van der Waals surface area contributed by atoms with Crippen LogP contribution in [-0.2, 0) is 24.2 Å². The summed E-state index contributed by atoms with van der Waals surface area (Å²) in [6, 6.07) is 14.7. The number of aryl methyl sites for hydroxylation is 1. The van der Waals surface area contributed by atoms with Gasteiger partial charge in [-0.1, -0.05) is 43.3 Å². The molecule has 32 heavy (non-hydrogen) atoms. The highest BCUT2D eigenvalue weighted by Gasteiger charge is 2.28. The maximum absolute atomic E-state index is 13.3. The lowest BCUT2D eigenvalue weighted by atomic mass is 9.95. The van der Waals surface area contributed by atoms with Gasteiger partial charge in [0.1, 0.15) is 11.6 Å². The fourth-order valence-electron chi connectivity index (χ4n) is 4.20. The van der Waals surface area contributed by atoms with Gasteiger partial charge in [0.15, 0.2) is 0 Å². The summed E-state index contributed by atoms with van der Waals surface area (Å²) >= 11 is 0. The minimum atomic E-state index is -0.244. The zero-order valence-electron chi connectivity index (χ0n) is 18.7. The maximum atomic E-state index is 13.3. The van der Waals surface area contributed by atoms with Crippen LogP contribution >= 0.6 is 0 Å². The minimum Gasteiger partial charge on any atom is -0.344 e. The van der Waals surface area contributed by atoms with Gasteiger partial charge in [0.25, 0.3) is 0 Å². The first kappa shape index (κ1) is 22.1. The number of aromatic nitrogens is 2. The first-order valence-corrected chi connectivity index (χ1v) is 11.1. The average molecular weight is 433 g/mol. The molecule has 2 aromatic carbocycles. The Morgan fingerprint density at radius 3 is 2.47 bits per heavy atom. The Bertz CT molecular complexity index is 1050. The molecular weight excluding hydrogens is 403 g/mol. The smallest absolute Gasteiger partial charge is 0.227 e. The van der Waals surface area contributed by atoms with E-state index in [9.17, 15) is 9.18 Å². The van der Waals surface area contributed by atoms with Crippen LogP contribution in [0.25, 0.3) is 11.1 Å². The van der Waals surface area contributed by atoms with Crippen LogP contribution in [0.2, 0.25) is 0 Å². The lowest BCUT2D eigenvalue weighted by Gasteiger charge is -2.23. The molecule has 3 aromatic rings. The molecule has 0 saturated carbocycles. The van der Waals surface area contributed by atoms with E-state index in [4.69, 9.17) is 0 Å². The molecule has 1 aliphatic rings.